The van der Waals surface area contributed by atoms with Gasteiger partial charge in [0.15, 0.2) is 0 Å². The van der Waals surface area contributed by atoms with Crippen LogP contribution in [0.3, 0.4) is 0 Å². The summed E-state index contributed by atoms with van der Waals surface area (Å²) >= 11 is 0. The topological polar surface area (TPSA) is 29.3 Å². The first-order chi connectivity index (χ1) is 7.20. The summed E-state index contributed by atoms with van der Waals surface area (Å²) in [5.41, 5.74) is 6.12. The molecule has 1 heterocycles. The van der Waals surface area contributed by atoms with Crippen LogP contribution in [0, 0.1) is 5.41 Å². The van der Waals surface area contributed by atoms with Gasteiger partial charge in [-0.3, -0.25) is 0 Å². The molecule has 2 heteroatoms. The zero-order chi connectivity index (χ0) is 11.7. The van der Waals surface area contributed by atoms with Crippen LogP contribution >= 0.6 is 0 Å². The van der Waals surface area contributed by atoms with Gasteiger partial charge in [-0.1, -0.05) is 34.1 Å². The van der Waals surface area contributed by atoms with Crippen molar-refractivity contribution in [3.05, 3.63) is 0 Å². The van der Waals surface area contributed by atoms with Crippen molar-refractivity contribution in [3.63, 3.8) is 0 Å². The van der Waals surface area contributed by atoms with Gasteiger partial charge >= 0.3 is 0 Å². The molecular formula is C13H30N2. The van der Waals surface area contributed by atoms with Gasteiger partial charge in [0, 0.05) is 0 Å². The van der Waals surface area contributed by atoms with Crippen molar-refractivity contribution in [2.24, 2.45) is 11.1 Å². The van der Waals surface area contributed by atoms with E-state index in [2.05, 4.69) is 18.7 Å². The third kappa shape index (κ3) is 5.53. The minimum absolute atomic E-state index is 0.624. The molecule has 15 heavy (non-hydrogen) atoms. The van der Waals surface area contributed by atoms with E-state index in [9.17, 15) is 0 Å². The smallest absolute Gasteiger partial charge is 0.000671 e. The van der Waals surface area contributed by atoms with E-state index in [0.717, 1.165) is 13.0 Å². The molecule has 1 rings (SSSR count). The largest absolute Gasteiger partial charge is 0.330 e. The number of piperidine rings is 1. The normalized spacial score (nSPS) is 20.6. The molecular weight excluding hydrogens is 184 g/mol. The monoisotopic (exact) mass is 214 g/mol. The van der Waals surface area contributed by atoms with Gasteiger partial charge in [0.25, 0.3) is 0 Å². The van der Waals surface area contributed by atoms with Gasteiger partial charge in [-0.05, 0) is 50.9 Å². The first-order valence-electron chi connectivity index (χ1n) is 6.62. The van der Waals surface area contributed by atoms with Crippen LogP contribution in [-0.2, 0) is 0 Å². The number of nitrogens with two attached hydrogens (primary N) is 1. The molecule has 0 spiro atoms. The molecule has 0 aromatic heterocycles. The van der Waals surface area contributed by atoms with Crippen LogP contribution in [0.2, 0.25) is 0 Å². The van der Waals surface area contributed by atoms with Gasteiger partial charge in [-0.15, -0.1) is 0 Å². The van der Waals surface area contributed by atoms with Crippen LogP contribution in [-0.4, -0.2) is 31.1 Å². The van der Waals surface area contributed by atoms with E-state index < -0.39 is 0 Å². The lowest BCUT2D eigenvalue weighted by molar-refractivity contribution is 0.114. The first kappa shape index (κ1) is 14.9. The second kappa shape index (κ2) is 8.12. The summed E-state index contributed by atoms with van der Waals surface area (Å²) < 4.78 is 0. The standard InChI is InChI=1S/C11H24N2.C2H6/c1-3-11(2)5-9-13(10-6-11)8-4-7-12;1-2/h3-10,12H2,1-2H3;1-2H3. The average molecular weight is 214 g/mol. The molecule has 0 saturated carbocycles. The highest BCUT2D eigenvalue weighted by Crippen LogP contribution is 2.33. The Hall–Kier alpha value is -0.0800. The molecule has 0 aromatic rings. The van der Waals surface area contributed by atoms with Crippen LogP contribution in [0.1, 0.15) is 53.4 Å². The Labute approximate surface area is 96.2 Å². The Balaban J connectivity index is 0.000000921. The van der Waals surface area contributed by atoms with Crippen molar-refractivity contribution in [1.82, 2.24) is 4.90 Å². The molecule has 1 fully saturated rings. The van der Waals surface area contributed by atoms with Gasteiger partial charge in [0.2, 0.25) is 0 Å². The molecule has 0 amide bonds. The van der Waals surface area contributed by atoms with Crippen molar-refractivity contribution in [2.45, 2.75) is 53.4 Å². The maximum atomic E-state index is 5.50. The van der Waals surface area contributed by atoms with E-state index in [4.69, 9.17) is 5.73 Å². The Kier molecular flexibility index (Phi) is 8.07. The number of hydrogen-bond donors (Lipinski definition) is 1. The van der Waals surface area contributed by atoms with Gasteiger partial charge in [-0.25, -0.2) is 0 Å². The van der Waals surface area contributed by atoms with Crippen molar-refractivity contribution in [2.75, 3.05) is 26.2 Å². The van der Waals surface area contributed by atoms with Gasteiger partial charge < -0.3 is 10.6 Å². The number of likely N-dealkylation sites (tertiary alicyclic amines) is 1. The lowest BCUT2D eigenvalue weighted by Crippen LogP contribution is -2.39. The SMILES string of the molecule is CC.CCC1(C)CCN(CCCN)CC1. The van der Waals surface area contributed by atoms with E-state index in [1.807, 2.05) is 13.8 Å². The lowest BCUT2D eigenvalue weighted by Gasteiger charge is -2.38. The summed E-state index contributed by atoms with van der Waals surface area (Å²) in [7, 11) is 0. The molecule has 1 aliphatic heterocycles. The third-order valence-corrected chi connectivity index (χ3v) is 3.60. The number of rotatable bonds is 4. The predicted molar refractivity (Wildman–Crippen MR) is 69.1 cm³/mol. The van der Waals surface area contributed by atoms with Crippen LogP contribution in [0.5, 0.6) is 0 Å². The molecule has 0 aliphatic carbocycles. The Morgan fingerprint density at radius 2 is 1.73 bits per heavy atom. The van der Waals surface area contributed by atoms with Crippen LogP contribution < -0.4 is 5.73 Å². The average Bonchev–Trinajstić information content (AvgIpc) is 2.31. The van der Waals surface area contributed by atoms with Crippen molar-refractivity contribution in [1.29, 1.82) is 0 Å². The minimum atomic E-state index is 0.624. The zero-order valence-electron chi connectivity index (χ0n) is 11.2. The molecule has 0 atom stereocenters. The molecule has 92 valence electrons. The van der Waals surface area contributed by atoms with Crippen LogP contribution in [0.4, 0.5) is 0 Å². The summed E-state index contributed by atoms with van der Waals surface area (Å²) in [6, 6.07) is 0. The summed E-state index contributed by atoms with van der Waals surface area (Å²) in [6.07, 6.45) is 5.22. The van der Waals surface area contributed by atoms with Crippen LogP contribution in [0.25, 0.3) is 0 Å². The van der Waals surface area contributed by atoms with E-state index in [-0.39, 0.29) is 0 Å². The summed E-state index contributed by atoms with van der Waals surface area (Å²) in [5, 5.41) is 0. The molecule has 0 bridgehead atoms. The fraction of sp³-hybridized carbons (Fsp3) is 1.00. The van der Waals surface area contributed by atoms with E-state index in [1.54, 1.807) is 0 Å². The maximum Gasteiger partial charge on any atom is -0.000671 e. The molecule has 1 aliphatic rings. The predicted octanol–water partition coefficient (Wildman–Crippen LogP) is 2.87. The highest BCUT2D eigenvalue weighted by molar-refractivity contribution is 4.81. The molecule has 0 radical (unpaired) electrons. The van der Waals surface area contributed by atoms with Gasteiger partial charge in [-0.2, -0.15) is 0 Å². The quantitative estimate of drug-likeness (QED) is 0.779. The number of hydrogen-bond acceptors (Lipinski definition) is 2. The van der Waals surface area contributed by atoms with Crippen molar-refractivity contribution in [3.8, 4) is 0 Å². The highest BCUT2D eigenvalue weighted by Gasteiger charge is 2.27. The van der Waals surface area contributed by atoms with Gasteiger partial charge in [0.05, 0.1) is 0 Å². The van der Waals surface area contributed by atoms with Crippen molar-refractivity contribution >= 4 is 0 Å². The second-order valence-corrected chi connectivity index (χ2v) is 4.65. The van der Waals surface area contributed by atoms with E-state index in [1.165, 1.54) is 38.9 Å². The number of nitrogens with zero attached hydrogens (tertiary/aromatic N) is 1. The Bertz CT molecular complexity index is 137. The summed E-state index contributed by atoms with van der Waals surface area (Å²) in [5.74, 6) is 0. The second-order valence-electron chi connectivity index (χ2n) is 4.65. The summed E-state index contributed by atoms with van der Waals surface area (Å²) in [6.45, 7) is 13.3. The third-order valence-electron chi connectivity index (χ3n) is 3.60. The highest BCUT2D eigenvalue weighted by atomic mass is 15.1. The molecule has 2 nitrogen and oxygen atoms in total. The fourth-order valence-corrected chi connectivity index (χ4v) is 1.98. The minimum Gasteiger partial charge on any atom is -0.330 e. The molecule has 0 aromatic carbocycles. The van der Waals surface area contributed by atoms with E-state index in [0.29, 0.717) is 5.41 Å². The molecule has 2 N–H and O–H groups in total. The zero-order valence-corrected chi connectivity index (χ0v) is 11.2. The fourth-order valence-electron chi connectivity index (χ4n) is 1.98. The Morgan fingerprint density at radius 1 is 1.20 bits per heavy atom. The van der Waals surface area contributed by atoms with Gasteiger partial charge in [0.1, 0.15) is 0 Å². The van der Waals surface area contributed by atoms with E-state index >= 15 is 0 Å². The van der Waals surface area contributed by atoms with Crippen molar-refractivity contribution < 1.29 is 0 Å². The Morgan fingerprint density at radius 3 is 2.13 bits per heavy atom. The first-order valence-corrected chi connectivity index (χ1v) is 6.62. The summed E-state index contributed by atoms with van der Waals surface area (Å²) in [4.78, 5) is 2.56. The molecule has 1 saturated heterocycles. The molecule has 0 unspecified atom stereocenters. The lowest BCUT2D eigenvalue weighted by atomic mass is 9.78. The maximum absolute atomic E-state index is 5.50. The van der Waals surface area contributed by atoms with Crippen LogP contribution in [0.15, 0.2) is 0 Å².